The van der Waals surface area contributed by atoms with E-state index >= 15 is 0 Å². The molecule has 3 rings (SSSR count). The van der Waals surface area contributed by atoms with E-state index in [0.717, 1.165) is 27.4 Å². The summed E-state index contributed by atoms with van der Waals surface area (Å²) in [7, 11) is -1.36. The van der Waals surface area contributed by atoms with Gasteiger partial charge < -0.3 is 19.7 Å². The van der Waals surface area contributed by atoms with E-state index in [0.29, 0.717) is 24.4 Å². The zero-order chi connectivity index (χ0) is 30.9. The number of anilines is 1. The average molecular weight is 596 g/mol. The van der Waals surface area contributed by atoms with Crippen LogP contribution in [0.2, 0.25) is 0 Å². The van der Waals surface area contributed by atoms with Gasteiger partial charge in [0.2, 0.25) is 11.8 Å². The Morgan fingerprint density at radius 3 is 2.17 bits per heavy atom. The molecule has 42 heavy (non-hydrogen) atoms. The molecule has 0 aliphatic rings. The standard InChI is InChI=1S/C32H41N3O6S/c1-7-18-33-32(37)28(8-2)34(21-25-11-9-10-24(4)19-25)31(36)22-35(26-14-12-23(3)13-15-26)42(38,39)27-16-17-29(40-5)30(20-27)41-6/h9-17,19-20,28H,7-8,18,21-22H2,1-6H3,(H,33,37)/t28-/m1/s1. The lowest BCUT2D eigenvalue weighted by atomic mass is 10.1. The van der Waals surface area contributed by atoms with Gasteiger partial charge in [-0.25, -0.2) is 8.42 Å². The molecule has 0 aliphatic carbocycles. The lowest BCUT2D eigenvalue weighted by Crippen LogP contribution is -2.52. The zero-order valence-corrected chi connectivity index (χ0v) is 26.0. The van der Waals surface area contributed by atoms with Gasteiger partial charge in [0.1, 0.15) is 12.6 Å². The third kappa shape index (κ3) is 7.82. The number of carbonyl (C=O) groups excluding carboxylic acids is 2. The van der Waals surface area contributed by atoms with Gasteiger partial charge in [-0.3, -0.25) is 13.9 Å². The van der Waals surface area contributed by atoms with E-state index in [1.54, 1.807) is 24.3 Å². The molecular formula is C32H41N3O6S. The van der Waals surface area contributed by atoms with Crippen molar-refractivity contribution in [3.05, 3.63) is 83.4 Å². The van der Waals surface area contributed by atoms with Gasteiger partial charge in [-0.1, -0.05) is 61.4 Å². The summed E-state index contributed by atoms with van der Waals surface area (Å²) in [6.07, 6.45) is 1.11. The first-order valence-corrected chi connectivity index (χ1v) is 15.4. The molecule has 3 aromatic carbocycles. The minimum absolute atomic E-state index is 0.0634. The van der Waals surface area contributed by atoms with E-state index in [-0.39, 0.29) is 23.1 Å². The summed E-state index contributed by atoms with van der Waals surface area (Å²) in [6, 6.07) is 18.1. The summed E-state index contributed by atoms with van der Waals surface area (Å²) in [5.74, 6) is -0.152. The predicted molar refractivity (Wildman–Crippen MR) is 164 cm³/mol. The SMILES string of the molecule is CCCNC(=O)[C@@H](CC)N(Cc1cccc(C)c1)C(=O)CN(c1ccc(C)cc1)S(=O)(=O)c1ccc(OC)c(OC)c1. The number of rotatable bonds is 14. The molecule has 10 heteroatoms. The summed E-state index contributed by atoms with van der Waals surface area (Å²) in [4.78, 5) is 28.8. The van der Waals surface area contributed by atoms with Gasteiger partial charge in [0, 0.05) is 19.2 Å². The van der Waals surface area contributed by atoms with Crippen LogP contribution < -0.4 is 19.1 Å². The Morgan fingerprint density at radius 1 is 0.881 bits per heavy atom. The topological polar surface area (TPSA) is 105 Å². The van der Waals surface area contributed by atoms with Crippen molar-refractivity contribution in [1.29, 1.82) is 0 Å². The molecule has 0 aromatic heterocycles. The maximum Gasteiger partial charge on any atom is 0.264 e. The number of nitrogens with zero attached hydrogens (tertiary/aromatic N) is 2. The highest BCUT2D eigenvalue weighted by Gasteiger charge is 2.34. The monoisotopic (exact) mass is 595 g/mol. The van der Waals surface area contributed by atoms with E-state index in [2.05, 4.69) is 5.32 Å². The Bertz CT molecular complexity index is 1470. The largest absolute Gasteiger partial charge is 0.493 e. The summed E-state index contributed by atoms with van der Waals surface area (Å²) in [5, 5.41) is 2.90. The third-order valence-corrected chi connectivity index (χ3v) is 8.68. The van der Waals surface area contributed by atoms with Gasteiger partial charge in [0.25, 0.3) is 10.0 Å². The van der Waals surface area contributed by atoms with Gasteiger partial charge in [-0.2, -0.15) is 0 Å². The number of methoxy groups -OCH3 is 2. The third-order valence-electron chi connectivity index (χ3n) is 6.91. The molecule has 0 fully saturated rings. The number of hydrogen-bond acceptors (Lipinski definition) is 6. The highest BCUT2D eigenvalue weighted by atomic mass is 32.2. The van der Waals surface area contributed by atoms with Crippen LogP contribution in [0.5, 0.6) is 11.5 Å². The highest BCUT2D eigenvalue weighted by molar-refractivity contribution is 7.92. The van der Waals surface area contributed by atoms with Crippen LogP contribution in [-0.4, -0.2) is 58.5 Å². The minimum atomic E-state index is -4.25. The number of nitrogens with one attached hydrogen (secondary N) is 1. The molecule has 0 saturated carbocycles. The van der Waals surface area contributed by atoms with E-state index in [1.807, 2.05) is 52.0 Å². The molecule has 1 N–H and O–H groups in total. The second-order valence-electron chi connectivity index (χ2n) is 10.1. The van der Waals surface area contributed by atoms with Gasteiger partial charge in [-0.05, 0) is 56.5 Å². The number of aryl methyl sites for hydroxylation is 2. The van der Waals surface area contributed by atoms with Gasteiger partial charge in [-0.15, -0.1) is 0 Å². The smallest absolute Gasteiger partial charge is 0.264 e. The van der Waals surface area contributed by atoms with Crippen molar-refractivity contribution < 1.29 is 27.5 Å². The molecule has 0 bridgehead atoms. The molecule has 0 aliphatic heterocycles. The van der Waals surface area contributed by atoms with Crippen molar-refractivity contribution in [2.45, 2.75) is 58.0 Å². The number of carbonyl (C=O) groups is 2. The quantitative estimate of drug-likeness (QED) is 0.286. The Kier molecular flexibility index (Phi) is 11.4. The maximum atomic E-state index is 14.2. The lowest BCUT2D eigenvalue weighted by molar-refractivity contribution is -0.140. The van der Waals surface area contributed by atoms with Gasteiger partial charge in [0.05, 0.1) is 24.8 Å². The molecule has 3 aromatic rings. The summed E-state index contributed by atoms with van der Waals surface area (Å²) >= 11 is 0. The molecule has 0 radical (unpaired) electrons. The highest BCUT2D eigenvalue weighted by Crippen LogP contribution is 2.32. The molecule has 0 heterocycles. The van der Waals surface area contributed by atoms with Crippen LogP contribution in [0, 0.1) is 13.8 Å². The molecule has 0 unspecified atom stereocenters. The van der Waals surface area contributed by atoms with Crippen LogP contribution in [-0.2, 0) is 26.2 Å². The van der Waals surface area contributed by atoms with Crippen LogP contribution in [0.4, 0.5) is 5.69 Å². The van der Waals surface area contributed by atoms with E-state index in [9.17, 15) is 18.0 Å². The Balaban J connectivity index is 2.09. The van der Waals surface area contributed by atoms with Crippen LogP contribution in [0.1, 0.15) is 43.4 Å². The number of benzene rings is 3. The zero-order valence-electron chi connectivity index (χ0n) is 25.2. The second-order valence-corrected chi connectivity index (χ2v) is 12.0. The van der Waals surface area contributed by atoms with Crippen LogP contribution in [0.3, 0.4) is 0 Å². The fourth-order valence-electron chi connectivity index (χ4n) is 4.64. The fourth-order valence-corrected chi connectivity index (χ4v) is 6.07. The fraction of sp³-hybridized carbons (Fsp3) is 0.375. The van der Waals surface area contributed by atoms with Crippen molar-refractivity contribution in [2.24, 2.45) is 0 Å². The predicted octanol–water partition coefficient (Wildman–Crippen LogP) is 4.85. The van der Waals surface area contributed by atoms with Crippen molar-refractivity contribution in [1.82, 2.24) is 10.2 Å². The van der Waals surface area contributed by atoms with E-state index in [4.69, 9.17) is 9.47 Å². The number of hydrogen-bond donors (Lipinski definition) is 1. The van der Waals surface area contributed by atoms with Crippen LogP contribution in [0.25, 0.3) is 0 Å². The van der Waals surface area contributed by atoms with Crippen LogP contribution >= 0.6 is 0 Å². The Hall–Kier alpha value is -4.05. The molecule has 0 spiro atoms. The van der Waals surface area contributed by atoms with E-state index in [1.165, 1.54) is 37.3 Å². The molecule has 0 saturated heterocycles. The second kappa shape index (κ2) is 14.7. The average Bonchev–Trinajstić information content (AvgIpc) is 2.98. The number of amides is 2. The van der Waals surface area contributed by atoms with Crippen molar-refractivity contribution in [3.63, 3.8) is 0 Å². The minimum Gasteiger partial charge on any atom is -0.493 e. The van der Waals surface area contributed by atoms with Gasteiger partial charge in [0.15, 0.2) is 11.5 Å². The first-order valence-electron chi connectivity index (χ1n) is 14.0. The summed E-state index contributed by atoms with van der Waals surface area (Å²) in [6.45, 7) is 7.76. The first-order chi connectivity index (χ1) is 20.0. The summed E-state index contributed by atoms with van der Waals surface area (Å²) in [5.41, 5.74) is 3.12. The van der Waals surface area contributed by atoms with Crippen molar-refractivity contribution in [3.8, 4) is 11.5 Å². The Labute approximate surface area is 249 Å². The van der Waals surface area contributed by atoms with Crippen molar-refractivity contribution in [2.75, 3.05) is 31.6 Å². The molecule has 226 valence electrons. The molecule has 9 nitrogen and oxygen atoms in total. The van der Waals surface area contributed by atoms with Crippen LogP contribution in [0.15, 0.2) is 71.6 Å². The van der Waals surface area contributed by atoms with Crippen molar-refractivity contribution >= 4 is 27.5 Å². The maximum absolute atomic E-state index is 14.2. The number of ether oxygens (including phenoxy) is 2. The molecule has 1 atom stereocenters. The Morgan fingerprint density at radius 2 is 1.57 bits per heavy atom. The number of sulfonamides is 1. The normalized spacial score (nSPS) is 11.9. The summed E-state index contributed by atoms with van der Waals surface area (Å²) < 4.78 is 40.0. The van der Waals surface area contributed by atoms with E-state index < -0.39 is 28.5 Å². The van der Waals surface area contributed by atoms with Gasteiger partial charge >= 0.3 is 0 Å². The first kappa shape index (κ1) is 32.5. The molecular weight excluding hydrogens is 554 g/mol. The molecule has 2 amide bonds. The lowest BCUT2D eigenvalue weighted by Gasteiger charge is -2.33.